The Labute approximate surface area is 446 Å². The number of carbonyl (C=O) groups is 4. The third kappa shape index (κ3) is 10.5. The van der Waals surface area contributed by atoms with Crippen LogP contribution < -0.4 is 15.1 Å². The zero-order valence-electron chi connectivity index (χ0n) is 43.7. The quantitative estimate of drug-likeness (QED) is 0.115. The predicted octanol–water partition coefficient (Wildman–Crippen LogP) is 6.09. The van der Waals surface area contributed by atoms with Gasteiger partial charge in [-0.3, -0.25) is 29.4 Å². The van der Waals surface area contributed by atoms with Crippen LogP contribution in [0.15, 0.2) is 54.9 Å². The molecule has 7 aliphatic heterocycles. The van der Waals surface area contributed by atoms with Crippen LogP contribution in [0.1, 0.15) is 112 Å². The van der Waals surface area contributed by atoms with E-state index < -0.39 is 35.4 Å². The number of fused-ring (bicyclic) bond motifs is 2. The minimum absolute atomic E-state index is 0.0108. The van der Waals surface area contributed by atoms with E-state index in [2.05, 4.69) is 30.2 Å². The van der Waals surface area contributed by atoms with E-state index in [1.165, 1.54) is 15.9 Å². The van der Waals surface area contributed by atoms with Crippen LogP contribution in [0, 0.1) is 17.7 Å². The van der Waals surface area contributed by atoms with E-state index in [1.807, 2.05) is 34.7 Å². The van der Waals surface area contributed by atoms with Crippen molar-refractivity contribution in [3.63, 3.8) is 0 Å². The number of carbonyl (C=O) groups excluding carboxylic acids is 4. The number of hydrogen-bond acceptors (Lipinski definition) is 12. The summed E-state index contributed by atoms with van der Waals surface area (Å²) in [4.78, 5) is 63.7. The molecule has 5 saturated heterocycles. The minimum Gasteiger partial charge on any atom is -0.379 e. The minimum atomic E-state index is -4.61. The monoisotopic (exact) mass is 1060 g/mol. The van der Waals surface area contributed by atoms with Gasteiger partial charge in [0, 0.05) is 113 Å². The second-order valence-corrected chi connectivity index (χ2v) is 23.2. The van der Waals surface area contributed by atoms with Crippen molar-refractivity contribution < 1.29 is 46.2 Å². The topological polar surface area (TPSA) is 149 Å². The summed E-state index contributed by atoms with van der Waals surface area (Å²) in [5, 5.41) is 10.6. The first-order chi connectivity index (χ1) is 37.1. The van der Waals surface area contributed by atoms with Gasteiger partial charge in [-0.1, -0.05) is 12.1 Å². The summed E-state index contributed by atoms with van der Waals surface area (Å²) in [7, 11) is 1.89. The van der Waals surface area contributed by atoms with E-state index in [1.54, 1.807) is 30.6 Å². The summed E-state index contributed by atoms with van der Waals surface area (Å²) in [6.45, 7) is 10.2. The number of hydrogen-bond donors (Lipinski definition) is 1. The van der Waals surface area contributed by atoms with Crippen molar-refractivity contribution in [2.45, 2.75) is 114 Å². The molecule has 1 unspecified atom stereocenters. The molecule has 0 bridgehead atoms. The number of likely N-dealkylation sites (tertiary alicyclic amines) is 1. The Morgan fingerprint density at radius 2 is 1.51 bits per heavy atom. The van der Waals surface area contributed by atoms with Gasteiger partial charge in [0.15, 0.2) is 5.82 Å². The highest BCUT2D eigenvalue weighted by Gasteiger charge is 2.45. The summed E-state index contributed by atoms with van der Waals surface area (Å²) in [6, 6.07) is 13.1. The van der Waals surface area contributed by atoms with Crippen LogP contribution in [-0.4, -0.2) is 155 Å². The summed E-state index contributed by atoms with van der Waals surface area (Å²) in [5.41, 5.74) is 2.14. The number of rotatable bonds is 14. The third-order valence-electron chi connectivity index (χ3n) is 18.1. The van der Waals surface area contributed by atoms with Gasteiger partial charge in [-0.25, -0.2) is 4.39 Å². The van der Waals surface area contributed by atoms with Crippen molar-refractivity contribution in [2.24, 2.45) is 18.9 Å². The molecule has 77 heavy (non-hydrogen) atoms. The van der Waals surface area contributed by atoms with Crippen molar-refractivity contribution in [3.8, 4) is 0 Å². The highest BCUT2D eigenvalue weighted by molar-refractivity contribution is 6.10. The molecule has 0 radical (unpaired) electrons. The maximum atomic E-state index is 16.0. The van der Waals surface area contributed by atoms with Crippen molar-refractivity contribution in [3.05, 3.63) is 105 Å². The van der Waals surface area contributed by atoms with Gasteiger partial charge in [-0.05, 0) is 123 Å². The summed E-state index contributed by atoms with van der Waals surface area (Å²) in [5.74, 6) is -0.215. The number of nitrogens with one attached hydrogen (secondary N) is 1. The fourth-order valence-electron chi connectivity index (χ4n) is 13.7. The molecule has 1 saturated carbocycles. The second-order valence-electron chi connectivity index (χ2n) is 23.2. The number of halogens is 4. The van der Waals surface area contributed by atoms with Gasteiger partial charge >= 0.3 is 6.18 Å². The number of alkyl halides is 3. The molecule has 4 amide bonds. The lowest BCUT2D eigenvalue weighted by molar-refractivity contribution is -0.138. The first-order valence-electron chi connectivity index (χ1n) is 27.7. The number of nitrogens with zero attached hydrogens (tertiary/aromatic N) is 9. The largest absolute Gasteiger partial charge is 0.416 e. The Balaban J connectivity index is 0.572. The Kier molecular flexibility index (Phi) is 14.2. The first kappa shape index (κ1) is 51.9. The number of amides is 4. The van der Waals surface area contributed by atoms with E-state index in [9.17, 15) is 32.3 Å². The highest BCUT2D eigenvalue weighted by atomic mass is 19.4. The molecule has 20 heteroatoms. The van der Waals surface area contributed by atoms with Gasteiger partial charge < -0.3 is 38.5 Å². The molecule has 1 aromatic heterocycles. The lowest BCUT2D eigenvalue weighted by atomic mass is 9.75. The number of piperazine rings is 1. The van der Waals surface area contributed by atoms with Crippen LogP contribution in [0.5, 0.6) is 0 Å². The fourth-order valence-corrected chi connectivity index (χ4v) is 13.7. The van der Waals surface area contributed by atoms with Gasteiger partial charge in [0.2, 0.25) is 11.8 Å². The third-order valence-corrected chi connectivity index (χ3v) is 18.1. The lowest BCUT2D eigenvalue weighted by Crippen LogP contribution is -2.52. The average molecular weight is 1070 g/mol. The van der Waals surface area contributed by atoms with Crippen LogP contribution in [0.2, 0.25) is 0 Å². The molecule has 8 heterocycles. The van der Waals surface area contributed by atoms with E-state index >= 15 is 4.39 Å². The SMILES string of the molecule is Cn1cnnc1CC1(c2cccc(N3Cc4c(cc(CN5CC[C@H](CN6CCN(C[C@H]7CC[C@H](OC8CCN(c9ccc%10c(c9F)CN(C9CCC(=O)NC9=O)C%10=O)CC8)CC7)CC6)C5)cc4C(F)(F)F)C3=O)c2)COC1. The van der Waals surface area contributed by atoms with Crippen molar-refractivity contribution in [2.75, 3.05) is 88.5 Å². The number of imide groups is 1. The van der Waals surface area contributed by atoms with Crippen molar-refractivity contribution in [1.82, 2.24) is 39.7 Å². The van der Waals surface area contributed by atoms with E-state index in [0.29, 0.717) is 73.6 Å². The number of benzene rings is 3. The molecular formula is C57H68F4N10O6. The van der Waals surface area contributed by atoms with Crippen LogP contribution in [0.4, 0.5) is 28.9 Å². The first-order valence-corrected chi connectivity index (χ1v) is 27.7. The van der Waals surface area contributed by atoms with Crippen LogP contribution >= 0.6 is 0 Å². The molecule has 16 nitrogen and oxygen atoms in total. The predicted molar refractivity (Wildman–Crippen MR) is 276 cm³/mol. The van der Waals surface area contributed by atoms with Gasteiger partial charge in [0.25, 0.3) is 11.8 Å². The normalized spacial score (nSPS) is 25.6. The molecule has 410 valence electrons. The van der Waals surface area contributed by atoms with E-state index in [0.717, 1.165) is 109 Å². The molecule has 6 fully saturated rings. The van der Waals surface area contributed by atoms with Gasteiger partial charge in [-0.15, -0.1) is 10.2 Å². The van der Waals surface area contributed by atoms with E-state index in [-0.39, 0.29) is 72.1 Å². The molecule has 2 atom stereocenters. The number of aromatic nitrogens is 3. The second kappa shape index (κ2) is 21.1. The maximum absolute atomic E-state index is 16.0. The summed E-state index contributed by atoms with van der Waals surface area (Å²) in [6.07, 6.45) is 5.27. The Morgan fingerprint density at radius 3 is 2.19 bits per heavy atom. The number of piperidine rings is 2. The van der Waals surface area contributed by atoms with Crippen molar-refractivity contribution >= 4 is 35.0 Å². The number of aryl methyl sites for hydroxylation is 1. The zero-order valence-corrected chi connectivity index (χ0v) is 43.7. The highest BCUT2D eigenvalue weighted by Crippen LogP contribution is 2.43. The molecule has 12 rings (SSSR count). The maximum Gasteiger partial charge on any atom is 0.416 e. The Hall–Kier alpha value is -5.80. The van der Waals surface area contributed by atoms with Crippen LogP contribution in [0.25, 0.3) is 0 Å². The van der Waals surface area contributed by atoms with Crippen LogP contribution in [-0.2, 0) is 63.8 Å². The Bertz CT molecular complexity index is 2910. The molecule has 8 aliphatic rings. The van der Waals surface area contributed by atoms with Crippen LogP contribution in [0.3, 0.4) is 0 Å². The summed E-state index contributed by atoms with van der Waals surface area (Å²) >= 11 is 0. The zero-order chi connectivity index (χ0) is 53.2. The Morgan fingerprint density at radius 1 is 0.766 bits per heavy atom. The lowest BCUT2D eigenvalue weighted by Gasteiger charge is -2.42. The molecule has 1 aliphatic carbocycles. The van der Waals surface area contributed by atoms with Gasteiger partial charge in [0.05, 0.1) is 49.8 Å². The standard InChI is InChI=1S/C57H68F4N10O6/c1-65-35-62-64-50(65)26-56(33-76-34-56)39-3-2-4-40(25-39)70-31-45-44(55(70)75)23-38(24-47(45)57(59,60)61)30-68-16-13-37(29-68)28-67-21-19-66(20-22-67)27-36-5-7-41(8-6-36)77-42-14-17-69(18-15-42)48-10-9-43-46(52(48)58)32-71(54(43)74)49-11-12-51(72)63-53(49)73/h2-4,9-10,23-25,35-37,41-42,49H,5-8,11-22,26-34H2,1H3,(H,63,72,73)/t36-,37-,41-,49?/m1/s1. The molecule has 3 aromatic carbocycles. The van der Waals surface area contributed by atoms with E-state index in [4.69, 9.17) is 9.47 Å². The van der Waals surface area contributed by atoms with Gasteiger partial charge in [-0.2, -0.15) is 13.2 Å². The number of ether oxygens (including phenoxy) is 2. The average Bonchev–Trinajstić information content (AvgIpc) is 4.31. The molecule has 0 spiro atoms. The number of anilines is 2. The smallest absolute Gasteiger partial charge is 0.379 e. The molecule has 4 aromatic rings. The molecular weight excluding hydrogens is 997 g/mol. The van der Waals surface area contributed by atoms with Gasteiger partial charge in [0.1, 0.15) is 18.2 Å². The summed E-state index contributed by atoms with van der Waals surface area (Å²) < 4.78 is 74.6. The van der Waals surface area contributed by atoms with Crippen molar-refractivity contribution in [1.29, 1.82) is 0 Å². The fraction of sp³-hybridized carbons (Fsp3) is 0.579. The molecule has 1 N–H and O–H groups in total.